The van der Waals surface area contributed by atoms with E-state index < -0.39 is 28.7 Å². The van der Waals surface area contributed by atoms with Gasteiger partial charge in [0.25, 0.3) is 0 Å². The van der Waals surface area contributed by atoms with Crippen molar-refractivity contribution >= 4 is 29.5 Å². The Morgan fingerprint density at radius 2 is 1.90 bits per heavy atom. The smallest absolute Gasteiger partial charge is 0.311 e. The minimum absolute atomic E-state index is 0.00616. The average Bonchev–Trinajstić information content (AvgIpc) is 3.34. The van der Waals surface area contributed by atoms with Crippen molar-refractivity contribution in [1.82, 2.24) is 14.7 Å². The van der Waals surface area contributed by atoms with E-state index in [0.29, 0.717) is 32.9 Å². The van der Waals surface area contributed by atoms with Gasteiger partial charge in [-0.2, -0.15) is 0 Å². The van der Waals surface area contributed by atoms with Gasteiger partial charge in [0, 0.05) is 38.0 Å². The van der Waals surface area contributed by atoms with Gasteiger partial charge in [0.15, 0.2) is 0 Å². The summed E-state index contributed by atoms with van der Waals surface area (Å²) in [6.07, 6.45) is 11.6. The summed E-state index contributed by atoms with van der Waals surface area (Å²) in [5, 5.41) is 10.3. The molecule has 0 aromatic heterocycles. The second-order valence-corrected chi connectivity index (χ2v) is 12.9. The second-order valence-electron chi connectivity index (χ2n) is 11.5. The number of hydrogen-bond donors (Lipinski definition) is 1. The van der Waals surface area contributed by atoms with Gasteiger partial charge in [-0.1, -0.05) is 44.6 Å². The first-order chi connectivity index (χ1) is 18.9. The van der Waals surface area contributed by atoms with Crippen molar-refractivity contribution in [2.24, 2.45) is 17.8 Å². The molecule has 5 aliphatic rings. The highest BCUT2D eigenvalue weighted by atomic mass is 32.2. The lowest BCUT2D eigenvalue weighted by molar-refractivity contribution is -0.154. The van der Waals surface area contributed by atoms with E-state index in [1.807, 2.05) is 30.9 Å². The van der Waals surface area contributed by atoms with Crippen molar-refractivity contribution < 1.29 is 29.0 Å². The summed E-state index contributed by atoms with van der Waals surface area (Å²) in [6.45, 7) is 8.97. The summed E-state index contributed by atoms with van der Waals surface area (Å²) >= 11 is 1.57. The molecule has 5 heterocycles. The van der Waals surface area contributed by atoms with Gasteiger partial charge in [0.05, 0.1) is 49.1 Å². The molecule has 5 rings (SSSR count). The molecule has 2 amide bonds. The summed E-state index contributed by atoms with van der Waals surface area (Å²) in [5.41, 5.74) is 0. The molecule has 39 heavy (non-hydrogen) atoms. The standard InChI is InChI=1S/C29H43N3O6S/c1-3-20(2)21(19-33)32-25-27(35)31(13-12-30-14-17-37-18-15-30)11-8-10-29(25)24(26(32)34)23-22(39-29)9-6-4-5-7-16-38-28(23)36/h6,8-10,20-25,33H,3-5,7,11-19H2,1-2H3/b9-6-/t20-,21-,22-,23+,24-,25?,29-/m0/s1. The number of cyclic esters (lactones) is 1. The van der Waals surface area contributed by atoms with Crippen LogP contribution in [0.15, 0.2) is 24.3 Å². The van der Waals surface area contributed by atoms with E-state index in [1.165, 1.54) is 0 Å². The zero-order chi connectivity index (χ0) is 27.6. The highest BCUT2D eigenvalue weighted by molar-refractivity contribution is 8.02. The van der Waals surface area contributed by atoms with E-state index in [1.54, 1.807) is 16.7 Å². The van der Waals surface area contributed by atoms with Gasteiger partial charge in [0.1, 0.15) is 6.04 Å². The van der Waals surface area contributed by atoms with E-state index in [0.717, 1.165) is 45.3 Å². The fourth-order valence-corrected chi connectivity index (χ4v) is 8.85. The van der Waals surface area contributed by atoms with Crippen molar-refractivity contribution in [1.29, 1.82) is 0 Å². The Morgan fingerprint density at radius 3 is 2.64 bits per heavy atom. The quantitative estimate of drug-likeness (QED) is 0.371. The number of thioether (sulfide) groups is 1. The number of carbonyl (C=O) groups excluding carboxylic acids is 3. The van der Waals surface area contributed by atoms with Crippen molar-refractivity contribution in [3.05, 3.63) is 24.3 Å². The topological polar surface area (TPSA) is 99.6 Å². The maximum Gasteiger partial charge on any atom is 0.311 e. The molecular formula is C29H43N3O6S. The first-order valence-corrected chi connectivity index (χ1v) is 15.5. The number of carbonyl (C=O) groups is 3. The molecule has 1 spiro atoms. The van der Waals surface area contributed by atoms with E-state index in [2.05, 4.69) is 17.1 Å². The number of allylic oxidation sites excluding steroid dienone is 1. The minimum Gasteiger partial charge on any atom is -0.465 e. The van der Waals surface area contributed by atoms with Gasteiger partial charge in [-0.05, 0) is 25.2 Å². The average molecular weight is 562 g/mol. The predicted molar refractivity (Wildman–Crippen MR) is 149 cm³/mol. The van der Waals surface area contributed by atoms with Crippen LogP contribution in [0.5, 0.6) is 0 Å². The molecular weight excluding hydrogens is 518 g/mol. The molecule has 9 nitrogen and oxygen atoms in total. The number of aliphatic hydroxyl groups is 1. The number of ether oxygens (including phenoxy) is 2. The molecule has 1 unspecified atom stereocenters. The van der Waals surface area contributed by atoms with Gasteiger partial charge in [-0.3, -0.25) is 19.3 Å². The Kier molecular flexibility index (Phi) is 9.05. The van der Waals surface area contributed by atoms with Crippen LogP contribution in [0.2, 0.25) is 0 Å². The Hall–Kier alpha value is -1.88. The number of fused-ring (bicyclic) bond motifs is 2. The molecule has 216 valence electrons. The zero-order valence-electron chi connectivity index (χ0n) is 23.2. The van der Waals surface area contributed by atoms with Crippen LogP contribution in [-0.4, -0.2) is 119 Å². The maximum absolute atomic E-state index is 14.5. The van der Waals surface area contributed by atoms with Gasteiger partial charge in [-0.25, -0.2) is 0 Å². The number of aliphatic hydroxyl groups excluding tert-OH is 1. The fourth-order valence-electron chi connectivity index (χ4n) is 6.86. The SMILES string of the molecule is CC[C@H](C)[C@H](CO)N1C(=O)[C@@H]2[C@@H]3C(=O)OCCCC/C=C\[C@@H]3S[C@@]23C=CCN(CCN2CCOCC2)C(=O)C13. The molecule has 0 saturated carbocycles. The largest absolute Gasteiger partial charge is 0.465 e. The highest BCUT2D eigenvalue weighted by Crippen LogP contribution is 2.61. The number of nitrogens with zero attached hydrogens (tertiary/aromatic N) is 3. The molecule has 5 aliphatic heterocycles. The Morgan fingerprint density at radius 1 is 1.10 bits per heavy atom. The van der Waals surface area contributed by atoms with Crippen LogP contribution in [0.25, 0.3) is 0 Å². The van der Waals surface area contributed by atoms with Crippen molar-refractivity contribution in [2.75, 3.05) is 59.2 Å². The van der Waals surface area contributed by atoms with Crippen molar-refractivity contribution in [2.45, 2.75) is 61.6 Å². The fraction of sp³-hybridized carbons (Fsp3) is 0.759. The first kappa shape index (κ1) is 28.6. The molecule has 0 aromatic carbocycles. The number of likely N-dealkylation sites (tertiary alicyclic amines) is 1. The van der Waals surface area contributed by atoms with E-state index in [9.17, 15) is 19.5 Å². The number of esters is 1. The van der Waals surface area contributed by atoms with Crippen LogP contribution in [-0.2, 0) is 23.9 Å². The summed E-state index contributed by atoms with van der Waals surface area (Å²) in [4.78, 5) is 48.2. The monoisotopic (exact) mass is 561 g/mol. The zero-order valence-corrected chi connectivity index (χ0v) is 24.0. The minimum atomic E-state index is -0.893. The Labute approximate surface area is 235 Å². The van der Waals surface area contributed by atoms with Crippen molar-refractivity contribution in [3.63, 3.8) is 0 Å². The van der Waals surface area contributed by atoms with Crippen LogP contribution in [0.4, 0.5) is 0 Å². The van der Waals surface area contributed by atoms with E-state index in [-0.39, 0.29) is 35.6 Å². The number of morpholine rings is 1. The lowest BCUT2D eigenvalue weighted by atomic mass is 9.78. The molecule has 1 N–H and O–H groups in total. The van der Waals surface area contributed by atoms with Gasteiger partial charge in [-0.15, -0.1) is 11.8 Å². The number of rotatable bonds is 7. The van der Waals surface area contributed by atoms with E-state index in [4.69, 9.17) is 9.47 Å². The van der Waals surface area contributed by atoms with Crippen LogP contribution in [0.1, 0.15) is 39.5 Å². The third-order valence-electron chi connectivity index (χ3n) is 9.26. The van der Waals surface area contributed by atoms with Gasteiger partial charge in [0.2, 0.25) is 11.8 Å². The molecule has 10 heteroatoms. The van der Waals surface area contributed by atoms with Crippen LogP contribution in [0, 0.1) is 17.8 Å². The molecule has 0 aromatic rings. The molecule has 0 radical (unpaired) electrons. The normalized spacial score (nSPS) is 36.0. The van der Waals surface area contributed by atoms with Crippen molar-refractivity contribution in [3.8, 4) is 0 Å². The summed E-state index contributed by atoms with van der Waals surface area (Å²) in [7, 11) is 0. The van der Waals surface area contributed by atoms with Gasteiger partial charge < -0.3 is 24.4 Å². The summed E-state index contributed by atoms with van der Waals surface area (Å²) in [6, 6.07) is -1.29. The highest BCUT2D eigenvalue weighted by Gasteiger charge is 2.71. The predicted octanol–water partition coefficient (Wildman–Crippen LogP) is 1.70. The first-order valence-electron chi connectivity index (χ1n) is 14.6. The maximum atomic E-state index is 14.5. The third kappa shape index (κ3) is 5.29. The number of hydrogen-bond acceptors (Lipinski definition) is 8. The van der Waals surface area contributed by atoms with Crippen LogP contribution < -0.4 is 0 Å². The van der Waals surface area contributed by atoms with Crippen LogP contribution >= 0.6 is 11.8 Å². The molecule has 0 aliphatic carbocycles. The summed E-state index contributed by atoms with van der Waals surface area (Å²) in [5.74, 6) is -2.06. The molecule has 0 bridgehead atoms. The second kappa shape index (κ2) is 12.3. The lowest BCUT2D eigenvalue weighted by Gasteiger charge is -2.40. The molecule has 3 fully saturated rings. The Bertz CT molecular complexity index is 984. The lowest BCUT2D eigenvalue weighted by Crippen LogP contribution is -2.58. The molecule has 3 saturated heterocycles. The Balaban J connectivity index is 1.53. The summed E-state index contributed by atoms with van der Waals surface area (Å²) < 4.78 is 10.3. The van der Waals surface area contributed by atoms with Gasteiger partial charge >= 0.3 is 5.97 Å². The number of amides is 2. The van der Waals surface area contributed by atoms with Crippen LogP contribution in [0.3, 0.4) is 0 Å². The molecule has 7 atom stereocenters. The third-order valence-corrected chi connectivity index (χ3v) is 11.0. The van der Waals surface area contributed by atoms with E-state index >= 15 is 0 Å².